The molecule has 0 aromatic rings. The Labute approximate surface area is 60.1 Å². The second-order valence-corrected chi connectivity index (χ2v) is 14.0. The fourth-order valence-electron chi connectivity index (χ4n) is 0.237. The molecule has 0 N–H and O–H groups in total. The van der Waals surface area contributed by atoms with Gasteiger partial charge < -0.3 is 0 Å². The van der Waals surface area contributed by atoms with Crippen molar-refractivity contribution in [3.63, 3.8) is 0 Å². The molecule has 1 aliphatic heterocycles. The molecule has 0 atom stereocenters. The Morgan fingerprint density at radius 2 is 2.57 bits per heavy atom. The van der Waals surface area contributed by atoms with E-state index in [1.807, 2.05) is 0 Å². The summed E-state index contributed by atoms with van der Waals surface area (Å²) < 4.78 is 4.09. The molecule has 5 heteroatoms. The van der Waals surface area contributed by atoms with Crippen molar-refractivity contribution in [3.05, 3.63) is 0 Å². The predicted molar refractivity (Wildman–Crippen MR) is 38.9 cm³/mol. The van der Waals surface area contributed by atoms with Crippen molar-refractivity contribution in [2.75, 3.05) is 0 Å². The Bertz CT molecular complexity index is 169. The molecule has 7 heavy (non-hydrogen) atoms. The molecule has 0 spiro atoms. The first kappa shape index (κ1) is 6.27. The predicted octanol–water partition coefficient (Wildman–Crippen LogP) is 0.901. The third-order valence-electron chi connectivity index (χ3n) is 0.460. The Balaban J connectivity index is 2.87. The molecule has 1 radical (unpaired) electrons. The fraction of sp³-hybridized carbons (Fsp3) is 0.500. The second kappa shape index (κ2) is 2.62. The van der Waals surface area contributed by atoms with E-state index in [1.165, 1.54) is 0 Å². The Kier molecular flexibility index (Phi) is 2.35. The summed E-state index contributed by atoms with van der Waals surface area (Å²) in [7, 11) is 4.11. The van der Waals surface area contributed by atoms with E-state index in [4.69, 9.17) is 22.8 Å². The van der Waals surface area contributed by atoms with Gasteiger partial charge in [-0.1, -0.05) is 0 Å². The molecule has 1 rings (SSSR count). The van der Waals surface area contributed by atoms with Gasteiger partial charge in [0.25, 0.3) is 0 Å². The van der Waals surface area contributed by atoms with Gasteiger partial charge in [0.05, 0.1) is 0 Å². The maximum absolute atomic E-state index is 4.98. The third kappa shape index (κ3) is 1.84. The molecule has 0 aliphatic carbocycles. The molecule has 0 bridgehead atoms. The quantitative estimate of drug-likeness (QED) is 0.475. The van der Waals surface area contributed by atoms with Crippen LogP contribution in [0.25, 0.3) is 0 Å². The van der Waals surface area contributed by atoms with Crippen LogP contribution in [0.3, 0.4) is 0 Å². The van der Waals surface area contributed by atoms with Crippen molar-refractivity contribution in [2.24, 2.45) is 3.96 Å². The van der Waals surface area contributed by atoms with Crippen LogP contribution in [0.1, 0.15) is 0 Å². The van der Waals surface area contributed by atoms with Crippen LogP contribution in [0.4, 0.5) is 0 Å². The summed E-state index contributed by atoms with van der Waals surface area (Å²) in [6.07, 6.45) is 0. The second-order valence-electron chi connectivity index (χ2n) is 0.964. The van der Waals surface area contributed by atoms with Gasteiger partial charge in [-0.05, 0) is 0 Å². The molecule has 0 amide bonds. The minimum absolute atomic E-state index is 0.631. The average Bonchev–Trinajstić information content (AvgIpc) is 1.87. The van der Waals surface area contributed by atoms with Crippen LogP contribution in [0.2, 0.25) is 5.32 Å². The number of thiocarbonyl (C=S) groups is 1. The van der Waals surface area contributed by atoms with Crippen LogP contribution in [0.15, 0.2) is 3.96 Å². The van der Waals surface area contributed by atoms with Gasteiger partial charge >= 0.3 is 60.4 Å². The average molecular weight is 262 g/mol. The fourth-order valence-corrected chi connectivity index (χ4v) is 9.81. The van der Waals surface area contributed by atoms with Crippen LogP contribution >= 0.6 is 22.8 Å². The standard InChI is InChI=1S/C2H2NS2Se2/c4-2-1-6-7(5)3-2/h1H2. The molecule has 0 fully saturated rings. The monoisotopic (exact) mass is 264 g/mol. The van der Waals surface area contributed by atoms with Crippen molar-refractivity contribution >= 4 is 51.1 Å². The van der Waals surface area contributed by atoms with Gasteiger partial charge in [0.1, 0.15) is 0 Å². The van der Waals surface area contributed by atoms with Gasteiger partial charge in [-0.2, -0.15) is 0 Å². The van der Waals surface area contributed by atoms with Crippen molar-refractivity contribution < 1.29 is 0 Å². The molecule has 0 saturated heterocycles. The summed E-state index contributed by atoms with van der Waals surface area (Å²) >= 11 is 5.44. The zero-order valence-electron chi connectivity index (χ0n) is 3.29. The van der Waals surface area contributed by atoms with Crippen LogP contribution in [0, 0.1) is 0 Å². The molecule has 1 nitrogen and oxygen atoms in total. The molecule has 0 aromatic heterocycles. The minimum atomic E-state index is -0.865. The van der Waals surface area contributed by atoms with E-state index >= 15 is 0 Å². The number of nitrogens with zero attached hydrogens (tertiary/aromatic N) is 1. The zero-order chi connectivity index (χ0) is 5.28. The topological polar surface area (TPSA) is 12.4 Å². The van der Waals surface area contributed by atoms with E-state index in [0.717, 1.165) is 10.3 Å². The summed E-state index contributed by atoms with van der Waals surface area (Å²) in [5, 5.41) is 1.05. The van der Waals surface area contributed by atoms with Crippen molar-refractivity contribution in [1.29, 1.82) is 0 Å². The van der Waals surface area contributed by atoms with Crippen LogP contribution in [0.5, 0.6) is 0 Å². The van der Waals surface area contributed by atoms with Crippen LogP contribution < -0.4 is 0 Å². The van der Waals surface area contributed by atoms with E-state index in [1.54, 1.807) is 0 Å². The third-order valence-corrected chi connectivity index (χ3v) is 10.7. The first-order chi connectivity index (χ1) is 3.29. The summed E-state index contributed by atoms with van der Waals surface area (Å²) in [5.41, 5.74) is 0. The van der Waals surface area contributed by atoms with E-state index in [-0.39, 0.29) is 0 Å². The SMILES string of the molecule is S=C1C[Se][Se](=S)=N1. The first-order valence-corrected chi connectivity index (χ1v) is 10.7. The van der Waals surface area contributed by atoms with Crippen molar-refractivity contribution in [3.8, 4) is 0 Å². The van der Waals surface area contributed by atoms with E-state index in [0.29, 0.717) is 13.1 Å². The van der Waals surface area contributed by atoms with E-state index in [2.05, 4.69) is 3.96 Å². The summed E-state index contributed by atoms with van der Waals surface area (Å²) in [6.45, 7) is 0. The van der Waals surface area contributed by atoms with Gasteiger partial charge in [0.2, 0.25) is 0 Å². The number of hydrogen-bond donors (Lipinski definition) is 0. The van der Waals surface area contributed by atoms with Gasteiger partial charge in [-0.3, -0.25) is 0 Å². The molecule has 1 heterocycles. The molecule has 1 aliphatic rings. The number of hydrogen-bond acceptors (Lipinski definition) is 2. The molecular weight excluding hydrogens is 260 g/mol. The molecule has 0 unspecified atom stereocenters. The van der Waals surface area contributed by atoms with Gasteiger partial charge in [0, 0.05) is 0 Å². The normalized spacial score (nSPS) is 20.0. The van der Waals surface area contributed by atoms with Crippen molar-refractivity contribution in [2.45, 2.75) is 5.32 Å². The molecule has 39 valence electrons. The van der Waals surface area contributed by atoms with Gasteiger partial charge in [-0.25, -0.2) is 0 Å². The summed E-state index contributed by atoms with van der Waals surface area (Å²) in [5.74, 6) is 0. The maximum atomic E-state index is 4.98. The first-order valence-electron chi connectivity index (χ1n) is 1.59. The van der Waals surface area contributed by atoms with E-state index < -0.39 is 10.3 Å². The van der Waals surface area contributed by atoms with Crippen LogP contribution in [-0.2, 0) is 0 Å². The molecule has 0 aromatic carbocycles. The van der Waals surface area contributed by atoms with E-state index in [9.17, 15) is 0 Å². The number of rotatable bonds is 0. The zero-order valence-corrected chi connectivity index (χ0v) is 8.35. The summed E-state index contributed by atoms with van der Waals surface area (Å²) in [6, 6.07) is 0. The molecule has 0 saturated carbocycles. The Morgan fingerprint density at radius 1 is 1.86 bits per heavy atom. The van der Waals surface area contributed by atoms with Crippen LogP contribution in [-0.4, -0.2) is 28.4 Å². The Hall–Kier alpha value is 1.15. The van der Waals surface area contributed by atoms with Gasteiger partial charge in [0.15, 0.2) is 0 Å². The van der Waals surface area contributed by atoms with Crippen molar-refractivity contribution in [1.82, 2.24) is 0 Å². The van der Waals surface area contributed by atoms with Gasteiger partial charge in [-0.15, -0.1) is 0 Å². The molecular formula is C2H2NS2Se2. The Morgan fingerprint density at radius 3 is 2.71 bits per heavy atom. The summed E-state index contributed by atoms with van der Waals surface area (Å²) in [4.78, 5) is 0.889.